The molecule has 0 unspecified atom stereocenters. The highest BCUT2D eigenvalue weighted by Crippen LogP contribution is 2.18. The summed E-state index contributed by atoms with van der Waals surface area (Å²) in [6, 6.07) is 10.5. The van der Waals surface area contributed by atoms with Crippen LogP contribution in [0.5, 0.6) is 0 Å². The number of nitrogens with zero attached hydrogens (tertiary/aromatic N) is 2. The highest BCUT2D eigenvalue weighted by molar-refractivity contribution is 5.61. The maximum absolute atomic E-state index is 8.91. The van der Waals surface area contributed by atoms with E-state index in [1.165, 1.54) is 11.1 Å². The number of fused-ring (bicyclic) bond motifs is 1. The summed E-state index contributed by atoms with van der Waals surface area (Å²) in [6.07, 6.45) is 1.98. The molecule has 0 radical (unpaired) electrons. The van der Waals surface area contributed by atoms with Crippen molar-refractivity contribution in [3.05, 3.63) is 41.0 Å². The molecule has 0 atom stereocenters. The van der Waals surface area contributed by atoms with Crippen LogP contribution < -0.4 is 0 Å². The summed E-state index contributed by atoms with van der Waals surface area (Å²) in [5.74, 6) is 0. The van der Waals surface area contributed by atoms with Crippen LogP contribution >= 0.6 is 0 Å². The molecule has 0 bridgehead atoms. The Bertz CT molecular complexity index is 413. The van der Waals surface area contributed by atoms with E-state index in [9.17, 15) is 0 Å². The number of likely N-dealkylation sites (N-methyl/N-ethyl adjacent to an activating group) is 1. The molecule has 1 aromatic rings. The summed E-state index contributed by atoms with van der Waals surface area (Å²) in [7, 11) is 2.04. The number of rotatable bonds is 0. The Hall–Kier alpha value is -1.59. The van der Waals surface area contributed by atoms with Crippen molar-refractivity contribution in [3.8, 4) is 6.07 Å². The van der Waals surface area contributed by atoms with Crippen LogP contribution in [0.4, 0.5) is 0 Å². The zero-order chi connectivity index (χ0) is 9.97. The largest absolute Gasteiger partial charge is 0.297 e. The second-order valence-electron chi connectivity index (χ2n) is 3.65. The van der Waals surface area contributed by atoms with Crippen molar-refractivity contribution in [2.75, 3.05) is 13.6 Å². The third-order valence-electron chi connectivity index (χ3n) is 2.41. The fraction of sp³-hybridized carbons (Fsp3) is 0.250. The first-order valence-electron chi connectivity index (χ1n) is 4.67. The quantitative estimate of drug-likeness (QED) is 0.617. The van der Waals surface area contributed by atoms with Crippen molar-refractivity contribution >= 4 is 6.08 Å². The first-order valence-corrected chi connectivity index (χ1v) is 4.67. The van der Waals surface area contributed by atoms with Gasteiger partial charge in [-0.05, 0) is 24.3 Å². The molecule has 0 saturated carbocycles. The summed E-state index contributed by atoms with van der Waals surface area (Å²) < 4.78 is 0. The lowest BCUT2D eigenvalue weighted by Crippen LogP contribution is -2.18. The third kappa shape index (κ3) is 1.68. The van der Waals surface area contributed by atoms with Gasteiger partial charge in [0.1, 0.15) is 0 Å². The van der Waals surface area contributed by atoms with Crippen molar-refractivity contribution in [1.82, 2.24) is 4.90 Å². The summed E-state index contributed by atoms with van der Waals surface area (Å²) in [5.41, 5.74) is 3.30. The maximum Gasteiger partial charge on any atom is 0.0961 e. The molecule has 1 aliphatic rings. The van der Waals surface area contributed by atoms with Crippen LogP contribution in [0.15, 0.2) is 29.8 Å². The average molecular weight is 184 g/mol. The minimum absolute atomic E-state index is 0.741. The summed E-state index contributed by atoms with van der Waals surface area (Å²) in [5, 5.41) is 8.91. The van der Waals surface area contributed by atoms with E-state index in [0.29, 0.717) is 0 Å². The predicted molar refractivity (Wildman–Crippen MR) is 56.4 cm³/mol. The Morgan fingerprint density at radius 2 is 2.07 bits per heavy atom. The molecule has 2 nitrogen and oxygen atoms in total. The van der Waals surface area contributed by atoms with Crippen LogP contribution in [-0.4, -0.2) is 18.5 Å². The smallest absolute Gasteiger partial charge is 0.0961 e. The monoisotopic (exact) mass is 184 g/mol. The van der Waals surface area contributed by atoms with Gasteiger partial charge in [-0.15, -0.1) is 0 Å². The molecule has 0 aromatic heterocycles. The van der Waals surface area contributed by atoms with Crippen LogP contribution in [0.1, 0.15) is 11.1 Å². The number of hydrogen-bond donors (Lipinski definition) is 0. The van der Waals surface area contributed by atoms with E-state index in [1.807, 2.05) is 25.3 Å². The highest BCUT2D eigenvalue weighted by Gasteiger charge is 2.11. The Balaban J connectivity index is 2.48. The van der Waals surface area contributed by atoms with Crippen LogP contribution in [0.25, 0.3) is 6.08 Å². The zero-order valence-corrected chi connectivity index (χ0v) is 8.20. The molecular weight excluding hydrogens is 172 g/mol. The fourth-order valence-electron chi connectivity index (χ4n) is 1.76. The van der Waals surface area contributed by atoms with Crippen LogP contribution in [0.2, 0.25) is 0 Å². The molecule has 0 spiro atoms. The van der Waals surface area contributed by atoms with Gasteiger partial charge in [0.05, 0.1) is 6.07 Å². The van der Waals surface area contributed by atoms with Gasteiger partial charge < -0.3 is 0 Å². The third-order valence-corrected chi connectivity index (χ3v) is 2.41. The van der Waals surface area contributed by atoms with Gasteiger partial charge in [-0.3, -0.25) is 4.90 Å². The van der Waals surface area contributed by atoms with E-state index in [2.05, 4.69) is 23.1 Å². The Morgan fingerprint density at radius 3 is 2.86 bits per heavy atom. The van der Waals surface area contributed by atoms with Crippen LogP contribution in [0.3, 0.4) is 0 Å². The standard InChI is InChI=1S/C12H12N2/c1-14-8-10(7-13)6-11-4-2-3-5-12(11)9-14/h2-6H,8-9H2,1H3. The number of benzene rings is 1. The van der Waals surface area contributed by atoms with E-state index in [4.69, 9.17) is 5.26 Å². The minimum atomic E-state index is 0.741. The number of hydrogen-bond acceptors (Lipinski definition) is 2. The van der Waals surface area contributed by atoms with Gasteiger partial charge in [0.25, 0.3) is 0 Å². The molecule has 0 amide bonds. The fourth-order valence-corrected chi connectivity index (χ4v) is 1.76. The van der Waals surface area contributed by atoms with Gasteiger partial charge in [0.15, 0.2) is 0 Å². The van der Waals surface area contributed by atoms with Gasteiger partial charge in [0.2, 0.25) is 0 Å². The predicted octanol–water partition coefficient (Wildman–Crippen LogP) is 2.04. The molecule has 2 heteroatoms. The molecule has 1 aliphatic heterocycles. The van der Waals surface area contributed by atoms with E-state index in [0.717, 1.165) is 18.7 Å². The maximum atomic E-state index is 8.91. The lowest BCUT2D eigenvalue weighted by molar-refractivity contribution is 0.361. The molecule has 2 rings (SSSR count). The minimum Gasteiger partial charge on any atom is -0.297 e. The molecule has 0 N–H and O–H groups in total. The van der Waals surface area contributed by atoms with Crippen molar-refractivity contribution in [2.24, 2.45) is 0 Å². The van der Waals surface area contributed by atoms with Crippen molar-refractivity contribution in [1.29, 1.82) is 5.26 Å². The SMILES string of the molecule is CN1CC(C#N)=Cc2ccccc2C1. The van der Waals surface area contributed by atoms with E-state index < -0.39 is 0 Å². The van der Waals surface area contributed by atoms with Crippen molar-refractivity contribution in [3.63, 3.8) is 0 Å². The zero-order valence-electron chi connectivity index (χ0n) is 8.20. The molecule has 14 heavy (non-hydrogen) atoms. The molecule has 0 fully saturated rings. The normalized spacial score (nSPS) is 16.4. The molecule has 1 aromatic carbocycles. The van der Waals surface area contributed by atoms with Gasteiger partial charge in [-0.1, -0.05) is 24.3 Å². The lowest BCUT2D eigenvalue weighted by atomic mass is 10.1. The summed E-state index contributed by atoms with van der Waals surface area (Å²) in [6.45, 7) is 1.66. The Morgan fingerprint density at radius 1 is 1.29 bits per heavy atom. The molecule has 70 valence electrons. The Kier molecular flexibility index (Phi) is 2.34. The van der Waals surface area contributed by atoms with Crippen molar-refractivity contribution in [2.45, 2.75) is 6.54 Å². The van der Waals surface area contributed by atoms with Gasteiger partial charge in [-0.2, -0.15) is 5.26 Å². The van der Waals surface area contributed by atoms with Gasteiger partial charge >= 0.3 is 0 Å². The highest BCUT2D eigenvalue weighted by atomic mass is 15.1. The van der Waals surface area contributed by atoms with Gasteiger partial charge in [0, 0.05) is 18.7 Å². The first-order chi connectivity index (χ1) is 6.79. The van der Waals surface area contributed by atoms with Gasteiger partial charge in [-0.25, -0.2) is 0 Å². The van der Waals surface area contributed by atoms with Crippen molar-refractivity contribution < 1.29 is 0 Å². The average Bonchev–Trinajstić information content (AvgIpc) is 2.35. The Labute approximate surface area is 84.1 Å². The summed E-state index contributed by atoms with van der Waals surface area (Å²) in [4.78, 5) is 2.15. The number of nitriles is 1. The van der Waals surface area contributed by atoms with Crippen LogP contribution in [-0.2, 0) is 6.54 Å². The van der Waals surface area contributed by atoms with E-state index >= 15 is 0 Å². The van der Waals surface area contributed by atoms with Crippen LogP contribution in [0, 0.1) is 11.3 Å². The van der Waals surface area contributed by atoms with E-state index in [-0.39, 0.29) is 0 Å². The molecular formula is C12H12N2. The first kappa shape index (κ1) is 8.98. The molecule has 0 saturated heterocycles. The lowest BCUT2D eigenvalue weighted by Gasteiger charge is -2.13. The van der Waals surface area contributed by atoms with E-state index in [1.54, 1.807) is 0 Å². The summed E-state index contributed by atoms with van der Waals surface area (Å²) >= 11 is 0. The second kappa shape index (κ2) is 3.65. The molecule has 1 heterocycles. The molecule has 0 aliphatic carbocycles. The topological polar surface area (TPSA) is 27.0 Å². The second-order valence-corrected chi connectivity index (χ2v) is 3.65.